The van der Waals surface area contributed by atoms with Crippen LogP contribution in [0.3, 0.4) is 0 Å². The van der Waals surface area contributed by atoms with Gasteiger partial charge in [0.2, 0.25) is 0 Å². The zero-order valence-electron chi connectivity index (χ0n) is 14.8. The van der Waals surface area contributed by atoms with E-state index in [2.05, 4.69) is 15.2 Å². The van der Waals surface area contributed by atoms with Gasteiger partial charge < -0.3 is 15.4 Å². The van der Waals surface area contributed by atoms with Crippen molar-refractivity contribution in [2.24, 2.45) is 5.73 Å². The summed E-state index contributed by atoms with van der Waals surface area (Å²) in [5.74, 6) is 2.19. The van der Waals surface area contributed by atoms with Crippen LogP contribution in [0.5, 0.6) is 5.75 Å². The van der Waals surface area contributed by atoms with E-state index in [9.17, 15) is 4.79 Å². The average Bonchev–Trinajstić information content (AvgIpc) is 3.24. The molecule has 3 N–H and O–H groups in total. The molecule has 0 bridgehead atoms. The standard InChI is InChI=1S/C18H25N5O2/c1-12-6-7-14(11-16(12)25-10-4-8-19)18(24)23-9-3-5-15(23)17-20-13(2)21-22-17/h6-7,11,15H,3-5,8-10,19H2,1-2H3,(H,20,21,22). The largest absolute Gasteiger partial charge is 0.493 e. The second kappa shape index (κ2) is 7.65. The van der Waals surface area contributed by atoms with Crippen LogP contribution >= 0.6 is 0 Å². The van der Waals surface area contributed by atoms with Crippen molar-refractivity contribution in [2.75, 3.05) is 19.7 Å². The van der Waals surface area contributed by atoms with E-state index in [-0.39, 0.29) is 11.9 Å². The number of carbonyl (C=O) groups excluding carboxylic acids is 1. The highest BCUT2D eigenvalue weighted by Gasteiger charge is 2.33. The van der Waals surface area contributed by atoms with Gasteiger partial charge >= 0.3 is 0 Å². The number of aromatic nitrogens is 3. The summed E-state index contributed by atoms with van der Waals surface area (Å²) in [4.78, 5) is 19.3. The summed E-state index contributed by atoms with van der Waals surface area (Å²) in [5.41, 5.74) is 7.15. The van der Waals surface area contributed by atoms with Crippen LogP contribution in [0.25, 0.3) is 0 Å². The number of nitrogens with zero attached hydrogens (tertiary/aromatic N) is 3. The third kappa shape index (κ3) is 3.82. The van der Waals surface area contributed by atoms with Crippen LogP contribution in [-0.4, -0.2) is 45.7 Å². The number of rotatable bonds is 6. The van der Waals surface area contributed by atoms with Crippen molar-refractivity contribution in [3.05, 3.63) is 41.0 Å². The van der Waals surface area contributed by atoms with Crippen LogP contribution in [0.1, 0.15) is 52.9 Å². The van der Waals surface area contributed by atoms with E-state index in [1.54, 1.807) is 0 Å². The van der Waals surface area contributed by atoms with Gasteiger partial charge in [-0.2, -0.15) is 5.10 Å². The van der Waals surface area contributed by atoms with Gasteiger partial charge in [0.1, 0.15) is 11.6 Å². The summed E-state index contributed by atoms with van der Waals surface area (Å²) in [5, 5.41) is 7.10. The van der Waals surface area contributed by atoms with Crippen molar-refractivity contribution < 1.29 is 9.53 Å². The first kappa shape index (κ1) is 17.4. The highest BCUT2D eigenvalue weighted by Crippen LogP contribution is 2.32. The maximum Gasteiger partial charge on any atom is 0.254 e. The number of benzene rings is 1. The third-order valence-corrected chi connectivity index (χ3v) is 4.47. The first-order chi connectivity index (χ1) is 12.1. The number of carbonyl (C=O) groups is 1. The molecule has 1 fully saturated rings. The molecule has 0 aliphatic carbocycles. The maximum absolute atomic E-state index is 13.0. The Morgan fingerprint density at radius 1 is 1.44 bits per heavy atom. The van der Waals surface area contributed by atoms with Crippen LogP contribution in [0.15, 0.2) is 18.2 Å². The molecular formula is C18H25N5O2. The minimum absolute atomic E-state index is 0.00590. The zero-order chi connectivity index (χ0) is 17.8. The summed E-state index contributed by atoms with van der Waals surface area (Å²) in [6, 6.07) is 5.53. The smallest absolute Gasteiger partial charge is 0.254 e. The molecule has 1 aliphatic rings. The lowest BCUT2D eigenvalue weighted by molar-refractivity contribution is 0.0729. The minimum Gasteiger partial charge on any atom is -0.493 e. The topological polar surface area (TPSA) is 97.1 Å². The second-order valence-electron chi connectivity index (χ2n) is 6.41. The molecule has 1 aromatic carbocycles. The number of hydrogen-bond donors (Lipinski definition) is 2. The summed E-state index contributed by atoms with van der Waals surface area (Å²) < 4.78 is 5.77. The van der Waals surface area contributed by atoms with Gasteiger partial charge in [-0.25, -0.2) is 4.98 Å². The minimum atomic E-state index is -0.0691. The van der Waals surface area contributed by atoms with Gasteiger partial charge in [0.05, 0.1) is 12.6 Å². The molecule has 1 saturated heterocycles. The molecule has 0 spiro atoms. The van der Waals surface area contributed by atoms with Gasteiger partial charge in [-0.1, -0.05) is 6.07 Å². The normalized spacial score (nSPS) is 17.1. The molecule has 1 unspecified atom stereocenters. The fourth-order valence-electron chi connectivity index (χ4n) is 3.11. The van der Waals surface area contributed by atoms with E-state index >= 15 is 0 Å². The molecule has 3 rings (SSSR count). The van der Waals surface area contributed by atoms with Crippen molar-refractivity contribution in [3.8, 4) is 5.75 Å². The van der Waals surface area contributed by atoms with Crippen molar-refractivity contribution in [1.29, 1.82) is 0 Å². The van der Waals surface area contributed by atoms with Gasteiger partial charge in [0.15, 0.2) is 5.82 Å². The van der Waals surface area contributed by atoms with Crippen LogP contribution < -0.4 is 10.5 Å². The lowest BCUT2D eigenvalue weighted by Crippen LogP contribution is -2.31. The Hall–Kier alpha value is -2.41. The molecular weight excluding hydrogens is 318 g/mol. The fourth-order valence-corrected chi connectivity index (χ4v) is 3.11. The lowest BCUT2D eigenvalue weighted by atomic mass is 10.1. The predicted octanol–water partition coefficient (Wildman–Crippen LogP) is 2.13. The van der Waals surface area contributed by atoms with Crippen molar-refractivity contribution >= 4 is 5.91 Å². The fraction of sp³-hybridized carbons (Fsp3) is 0.500. The van der Waals surface area contributed by atoms with Crippen LogP contribution in [0.2, 0.25) is 0 Å². The highest BCUT2D eigenvalue weighted by molar-refractivity contribution is 5.95. The molecule has 1 amide bonds. The van der Waals surface area contributed by atoms with Crippen molar-refractivity contribution in [1.82, 2.24) is 20.1 Å². The molecule has 1 atom stereocenters. The van der Waals surface area contributed by atoms with Crippen molar-refractivity contribution in [3.63, 3.8) is 0 Å². The zero-order valence-corrected chi connectivity index (χ0v) is 14.8. The number of ether oxygens (including phenoxy) is 1. The van der Waals surface area contributed by atoms with Gasteiger partial charge in [-0.05, 0) is 57.4 Å². The van der Waals surface area contributed by atoms with Gasteiger partial charge in [0.25, 0.3) is 5.91 Å². The van der Waals surface area contributed by atoms with Gasteiger partial charge in [0, 0.05) is 12.1 Å². The molecule has 1 aliphatic heterocycles. The quantitative estimate of drug-likeness (QED) is 0.783. The Labute approximate surface area is 147 Å². The molecule has 0 saturated carbocycles. The Bertz CT molecular complexity index is 743. The second-order valence-corrected chi connectivity index (χ2v) is 6.41. The molecule has 0 radical (unpaired) electrons. The summed E-state index contributed by atoms with van der Waals surface area (Å²) in [6.07, 6.45) is 2.63. The Kier molecular flexibility index (Phi) is 5.33. The number of nitrogens with one attached hydrogen (secondary N) is 1. The van der Waals surface area contributed by atoms with Gasteiger partial charge in [-0.15, -0.1) is 0 Å². The number of aryl methyl sites for hydroxylation is 2. The number of hydrogen-bond acceptors (Lipinski definition) is 5. The lowest BCUT2D eigenvalue weighted by Gasteiger charge is -2.23. The van der Waals surface area contributed by atoms with Crippen LogP contribution in [-0.2, 0) is 0 Å². The predicted molar refractivity (Wildman–Crippen MR) is 94.5 cm³/mol. The number of aromatic amines is 1. The van der Waals surface area contributed by atoms with Gasteiger partial charge in [-0.3, -0.25) is 9.89 Å². The Balaban J connectivity index is 1.78. The highest BCUT2D eigenvalue weighted by atomic mass is 16.5. The summed E-state index contributed by atoms with van der Waals surface area (Å²) in [7, 11) is 0. The number of H-pyrrole nitrogens is 1. The number of amides is 1. The van der Waals surface area contributed by atoms with E-state index < -0.39 is 0 Å². The number of nitrogens with two attached hydrogens (primary N) is 1. The molecule has 2 aromatic rings. The number of likely N-dealkylation sites (tertiary alicyclic amines) is 1. The monoisotopic (exact) mass is 343 g/mol. The Morgan fingerprint density at radius 2 is 2.28 bits per heavy atom. The van der Waals surface area contributed by atoms with E-state index in [0.29, 0.717) is 31.1 Å². The maximum atomic E-state index is 13.0. The van der Waals surface area contributed by atoms with Crippen molar-refractivity contribution in [2.45, 2.75) is 39.2 Å². The van der Waals surface area contributed by atoms with E-state index in [4.69, 9.17) is 10.5 Å². The molecule has 1 aromatic heterocycles. The first-order valence-corrected chi connectivity index (χ1v) is 8.73. The summed E-state index contributed by atoms with van der Waals surface area (Å²) >= 11 is 0. The van der Waals surface area contributed by atoms with E-state index in [1.165, 1.54) is 0 Å². The molecule has 2 heterocycles. The average molecular weight is 343 g/mol. The third-order valence-electron chi connectivity index (χ3n) is 4.47. The molecule has 7 heteroatoms. The van der Waals surface area contributed by atoms with E-state index in [1.807, 2.05) is 36.9 Å². The van der Waals surface area contributed by atoms with E-state index in [0.717, 1.165) is 36.4 Å². The molecule has 7 nitrogen and oxygen atoms in total. The summed E-state index contributed by atoms with van der Waals surface area (Å²) in [6.45, 7) is 5.69. The van der Waals surface area contributed by atoms with Crippen LogP contribution in [0, 0.1) is 13.8 Å². The SMILES string of the molecule is Cc1nc(C2CCCN2C(=O)c2ccc(C)c(OCCCN)c2)n[nH]1. The van der Waals surface area contributed by atoms with Crippen LogP contribution in [0.4, 0.5) is 0 Å². The first-order valence-electron chi connectivity index (χ1n) is 8.73. The Morgan fingerprint density at radius 3 is 3.00 bits per heavy atom. The molecule has 25 heavy (non-hydrogen) atoms. The molecule has 134 valence electrons.